The van der Waals surface area contributed by atoms with E-state index in [1.807, 2.05) is 51.1 Å². The van der Waals surface area contributed by atoms with Crippen molar-refractivity contribution in [2.75, 3.05) is 19.7 Å². The van der Waals surface area contributed by atoms with Crippen molar-refractivity contribution in [1.82, 2.24) is 4.90 Å². The molecule has 6 saturated carbocycles. The highest BCUT2D eigenvalue weighted by Crippen LogP contribution is 2.78. The minimum atomic E-state index is -0.523. The highest BCUT2D eigenvalue weighted by molar-refractivity contribution is 5.85. The zero-order valence-electron chi connectivity index (χ0n) is 39.1. The summed E-state index contributed by atoms with van der Waals surface area (Å²) in [4.78, 5) is 57.0. The van der Waals surface area contributed by atoms with Gasteiger partial charge in [-0.25, -0.2) is 0 Å². The first-order chi connectivity index (χ1) is 28.8. The van der Waals surface area contributed by atoms with E-state index >= 15 is 4.79 Å². The Morgan fingerprint density at radius 3 is 2.05 bits per heavy atom. The fraction of sp³-hybridized carbons (Fsp3) is 0.774. The summed E-state index contributed by atoms with van der Waals surface area (Å²) in [5.41, 5.74) is 1.50. The Labute approximate surface area is 367 Å². The number of amides is 1. The molecular weight excluding hydrogens is 763 g/mol. The summed E-state index contributed by atoms with van der Waals surface area (Å²) in [6.45, 7) is 27.2. The number of piperidine rings is 1. The molecule has 336 valence electrons. The second kappa shape index (κ2) is 15.8. The van der Waals surface area contributed by atoms with Gasteiger partial charge in [-0.2, -0.15) is 0 Å². The van der Waals surface area contributed by atoms with E-state index in [2.05, 4.69) is 53.0 Å². The number of fused-ring (bicyclic) bond motifs is 7. The van der Waals surface area contributed by atoms with Crippen LogP contribution in [-0.2, 0) is 40.0 Å². The van der Waals surface area contributed by atoms with Crippen LogP contribution in [-0.4, -0.2) is 54.5 Å². The van der Waals surface area contributed by atoms with Crippen LogP contribution in [0.1, 0.15) is 151 Å². The molecule has 8 nitrogen and oxygen atoms in total. The molecule has 1 heterocycles. The van der Waals surface area contributed by atoms with E-state index in [0.29, 0.717) is 74.5 Å². The number of carbonyl (C=O) groups excluding carboxylic acids is 4. The molecule has 7 fully saturated rings. The first kappa shape index (κ1) is 44.4. The van der Waals surface area contributed by atoms with Gasteiger partial charge < -0.3 is 19.1 Å². The lowest BCUT2D eigenvalue weighted by molar-refractivity contribution is -0.251. The van der Waals surface area contributed by atoms with Gasteiger partial charge in [0.15, 0.2) is 0 Å². The summed E-state index contributed by atoms with van der Waals surface area (Å²) >= 11 is 0. The van der Waals surface area contributed by atoms with E-state index in [0.717, 1.165) is 63.4 Å². The van der Waals surface area contributed by atoms with E-state index in [9.17, 15) is 14.4 Å². The lowest BCUT2D eigenvalue weighted by Crippen LogP contribution is -2.67. The van der Waals surface area contributed by atoms with E-state index < -0.39 is 5.41 Å². The third-order valence-corrected chi connectivity index (χ3v) is 20.2. The van der Waals surface area contributed by atoms with E-state index in [4.69, 9.17) is 14.2 Å². The maximum atomic E-state index is 15.0. The average Bonchev–Trinajstić information content (AvgIpc) is 3.62. The molecule has 12 atom stereocenters. The molecule has 7 aliphatic rings. The quantitative estimate of drug-likeness (QED) is 0.139. The largest absolute Gasteiger partial charge is 0.466 e. The number of hydrogen-bond acceptors (Lipinski definition) is 7. The number of hydrogen-bond donors (Lipinski definition) is 0. The van der Waals surface area contributed by atoms with E-state index in [-0.39, 0.29) is 75.4 Å². The van der Waals surface area contributed by atoms with Crippen molar-refractivity contribution in [2.24, 2.45) is 79.8 Å². The molecule has 8 rings (SSSR count). The Morgan fingerprint density at radius 1 is 0.705 bits per heavy atom. The summed E-state index contributed by atoms with van der Waals surface area (Å²) in [5, 5.41) is 0. The number of esters is 3. The number of allylic oxidation sites excluding steroid dienone is 1. The molecular formula is C53H77NO7. The molecule has 0 aromatic heterocycles. The predicted molar refractivity (Wildman–Crippen MR) is 236 cm³/mol. The van der Waals surface area contributed by atoms with Gasteiger partial charge in [-0.3, -0.25) is 19.2 Å². The summed E-state index contributed by atoms with van der Waals surface area (Å²) in [5.74, 6) is 1.21. The maximum Gasteiger partial charge on any atom is 0.309 e. The fourth-order valence-electron chi connectivity index (χ4n) is 16.4. The van der Waals surface area contributed by atoms with Gasteiger partial charge in [-0.1, -0.05) is 91.0 Å². The van der Waals surface area contributed by atoms with Gasteiger partial charge in [-0.05, 0) is 154 Å². The van der Waals surface area contributed by atoms with Crippen LogP contribution in [0.4, 0.5) is 0 Å². The summed E-state index contributed by atoms with van der Waals surface area (Å²) in [7, 11) is 0. The van der Waals surface area contributed by atoms with Gasteiger partial charge in [0.1, 0.15) is 12.7 Å². The Morgan fingerprint density at radius 2 is 1.39 bits per heavy atom. The number of nitrogens with zero attached hydrogens (tertiary/aromatic N) is 1. The van der Waals surface area contributed by atoms with Crippen LogP contribution in [0, 0.1) is 79.8 Å². The average molecular weight is 840 g/mol. The molecule has 1 aromatic carbocycles. The highest BCUT2D eigenvalue weighted by Gasteiger charge is 2.72. The molecule has 61 heavy (non-hydrogen) atoms. The van der Waals surface area contributed by atoms with Gasteiger partial charge in [0, 0.05) is 18.5 Å². The molecule has 0 N–H and O–H groups in total. The molecule has 1 unspecified atom stereocenters. The van der Waals surface area contributed by atoms with Gasteiger partial charge in [0.2, 0.25) is 5.91 Å². The molecule has 1 saturated heterocycles. The summed E-state index contributed by atoms with van der Waals surface area (Å²) in [6.07, 6.45) is 12.2. The van der Waals surface area contributed by atoms with Crippen molar-refractivity contribution in [3.63, 3.8) is 0 Å². The first-order valence-electron chi connectivity index (χ1n) is 24.3. The van der Waals surface area contributed by atoms with E-state index in [1.165, 1.54) is 12.0 Å². The fourth-order valence-corrected chi connectivity index (χ4v) is 16.4. The van der Waals surface area contributed by atoms with Crippen LogP contribution < -0.4 is 0 Å². The van der Waals surface area contributed by atoms with Crippen molar-refractivity contribution >= 4 is 23.8 Å². The van der Waals surface area contributed by atoms with Gasteiger partial charge in [0.05, 0.1) is 29.8 Å². The normalized spacial score (nSPS) is 41.1. The van der Waals surface area contributed by atoms with Crippen molar-refractivity contribution in [3.8, 4) is 0 Å². The molecule has 0 radical (unpaired) electrons. The van der Waals surface area contributed by atoms with Crippen molar-refractivity contribution in [1.29, 1.82) is 0 Å². The van der Waals surface area contributed by atoms with E-state index in [1.54, 1.807) is 0 Å². The minimum Gasteiger partial charge on any atom is -0.466 e. The number of rotatable bonds is 9. The zero-order valence-corrected chi connectivity index (χ0v) is 39.1. The number of benzene rings is 1. The Bertz CT molecular complexity index is 1880. The third kappa shape index (κ3) is 6.86. The molecule has 1 aromatic rings. The monoisotopic (exact) mass is 840 g/mol. The molecule has 0 spiro atoms. The van der Waals surface area contributed by atoms with Crippen molar-refractivity contribution in [3.05, 3.63) is 48.0 Å². The predicted octanol–water partition coefficient (Wildman–Crippen LogP) is 10.8. The lowest BCUT2D eigenvalue weighted by Gasteiger charge is -2.73. The van der Waals surface area contributed by atoms with Crippen LogP contribution in [0.3, 0.4) is 0 Å². The number of ether oxygens (including phenoxy) is 3. The molecule has 8 heteroatoms. The first-order valence-corrected chi connectivity index (χ1v) is 24.3. The Balaban J connectivity index is 0.958. The van der Waals surface area contributed by atoms with Crippen LogP contribution in [0.5, 0.6) is 0 Å². The summed E-state index contributed by atoms with van der Waals surface area (Å²) in [6, 6.07) is 9.74. The summed E-state index contributed by atoms with van der Waals surface area (Å²) < 4.78 is 17.7. The lowest BCUT2D eigenvalue weighted by atomic mass is 9.32. The Kier molecular flexibility index (Phi) is 11.5. The smallest absolute Gasteiger partial charge is 0.309 e. The standard InChI is InChI=1S/C53H77NO7/c1-11-59-44(55)35-22-29-54(30-23-35)47(58)53-26-19-36(33(2)3)43(53)37-17-18-41-50(8)24-21-42(49(6,7)40(50)20-25-52(41,10)51(37,9)27-28-53)61-46(57)39-31-38(48(39,4)5)45(56)60-32-34-15-13-12-14-16-34/h12-16,35-43H,2,11,17-32H2,1,3-10H3/t36?,37-,38+,39-,40+,41-,42+,43-,50+,51-,52-,53+/m1/s1. The number of carbonyl (C=O) groups is 4. The van der Waals surface area contributed by atoms with Gasteiger partial charge >= 0.3 is 17.9 Å². The topological polar surface area (TPSA) is 99.2 Å². The third-order valence-electron chi connectivity index (χ3n) is 20.2. The zero-order chi connectivity index (χ0) is 43.9. The molecule has 6 aliphatic carbocycles. The SMILES string of the molecule is C=C(C)C1CC[C@]2(C(=O)N3CCC(C(=O)OCC)CC3)CC[C@]3(C)[C@H](CC[C@@H]4[C@@]5(C)CC[C@H](OC(=O)[C@H]6C[C@@H](C(=O)OCc7ccccc7)C6(C)C)C(C)(C)[C@@H]5CC[C@]43C)[C@@H]12. The maximum absolute atomic E-state index is 15.0. The second-order valence-electron chi connectivity index (χ2n) is 23.2. The molecule has 1 amide bonds. The van der Waals surface area contributed by atoms with Crippen LogP contribution >= 0.6 is 0 Å². The van der Waals surface area contributed by atoms with Gasteiger partial charge in [0.25, 0.3) is 0 Å². The van der Waals surface area contributed by atoms with Crippen LogP contribution in [0.2, 0.25) is 0 Å². The van der Waals surface area contributed by atoms with Gasteiger partial charge in [-0.15, -0.1) is 0 Å². The van der Waals surface area contributed by atoms with Crippen molar-refractivity contribution in [2.45, 2.75) is 158 Å². The molecule has 1 aliphatic heterocycles. The van der Waals surface area contributed by atoms with Crippen molar-refractivity contribution < 1.29 is 33.4 Å². The van der Waals surface area contributed by atoms with Crippen LogP contribution in [0.15, 0.2) is 42.5 Å². The van der Waals surface area contributed by atoms with Crippen LogP contribution in [0.25, 0.3) is 0 Å². The highest BCUT2D eigenvalue weighted by atomic mass is 16.5. The second-order valence-corrected chi connectivity index (χ2v) is 23.2. The minimum absolute atomic E-state index is 0.106. The molecule has 0 bridgehead atoms. The number of likely N-dealkylation sites (tertiary alicyclic amines) is 1. The Hall–Kier alpha value is -3.16.